The minimum Gasteiger partial charge on any atom is -0.472 e. The Labute approximate surface area is 80.6 Å². The van der Waals surface area contributed by atoms with Crippen molar-refractivity contribution in [2.24, 2.45) is 0 Å². The summed E-state index contributed by atoms with van der Waals surface area (Å²) in [5.41, 5.74) is 2.89. The molecule has 3 nitrogen and oxygen atoms in total. The average molecular weight is 184 g/mol. The summed E-state index contributed by atoms with van der Waals surface area (Å²) in [6.45, 7) is 0. The van der Waals surface area contributed by atoms with Crippen LogP contribution in [0.3, 0.4) is 0 Å². The summed E-state index contributed by atoms with van der Waals surface area (Å²) < 4.78 is 7.00. The topological polar surface area (TPSA) is 30.4 Å². The molecule has 3 aromatic rings. The fourth-order valence-corrected chi connectivity index (χ4v) is 1.48. The van der Waals surface area contributed by atoms with Crippen molar-refractivity contribution in [3.05, 3.63) is 49.2 Å². The Balaban J connectivity index is 2.24. The van der Waals surface area contributed by atoms with E-state index in [1.807, 2.05) is 41.1 Å². The Morgan fingerprint density at radius 1 is 1.21 bits per heavy atom. The van der Waals surface area contributed by atoms with Crippen LogP contribution in [0.1, 0.15) is 0 Å². The van der Waals surface area contributed by atoms with Gasteiger partial charge in [-0.15, -0.1) is 0 Å². The second-order valence-electron chi connectivity index (χ2n) is 3.10. The minimum absolute atomic E-state index is 0.935. The summed E-state index contributed by atoms with van der Waals surface area (Å²) in [6, 6.07) is 7.83. The molecule has 0 unspecified atom stereocenters. The van der Waals surface area contributed by atoms with Crippen LogP contribution in [0, 0.1) is 0 Å². The Bertz CT molecular complexity index is 518. The third kappa shape index (κ3) is 1.03. The normalized spacial score (nSPS) is 10.9. The van der Waals surface area contributed by atoms with Crippen LogP contribution in [-0.4, -0.2) is 9.38 Å². The van der Waals surface area contributed by atoms with Gasteiger partial charge in [-0.1, -0.05) is 6.07 Å². The molecule has 0 aromatic carbocycles. The Kier molecular flexibility index (Phi) is 1.44. The van der Waals surface area contributed by atoms with Gasteiger partial charge in [-0.3, -0.25) is 0 Å². The predicted octanol–water partition coefficient (Wildman–Crippen LogP) is 2.59. The van der Waals surface area contributed by atoms with Gasteiger partial charge in [-0.2, -0.15) is 0 Å². The first-order valence-corrected chi connectivity index (χ1v) is 4.40. The first-order valence-electron chi connectivity index (χ1n) is 4.40. The monoisotopic (exact) mass is 184 g/mol. The summed E-state index contributed by atoms with van der Waals surface area (Å²) in [5.74, 6) is 0. The SMILES string of the molecule is c1ccn2cc(-c3ccoc3)nc2c1. The molecule has 3 rings (SSSR count). The van der Waals surface area contributed by atoms with Gasteiger partial charge in [0.05, 0.1) is 18.2 Å². The van der Waals surface area contributed by atoms with Gasteiger partial charge in [0.1, 0.15) is 5.65 Å². The molecule has 0 bridgehead atoms. The van der Waals surface area contributed by atoms with Gasteiger partial charge in [0.15, 0.2) is 0 Å². The van der Waals surface area contributed by atoms with Crippen molar-refractivity contribution in [1.82, 2.24) is 9.38 Å². The van der Waals surface area contributed by atoms with Gasteiger partial charge in [-0.25, -0.2) is 4.98 Å². The highest BCUT2D eigenvalue weighted by atomic mass is 16.3. The lowest BCUT2D eigenvalue weighted by atomic mass is 10.3. The standard InChI is InChI=1S/C11H8N2O/c1-2-5-13-7-10(12-11(13)3-1)9-4-6-14-8-9/h1-8H. The van der Waals surface area contributed by atoms with Crippen LogP contribution in [0.15, 0.2) is 53.6 Å². The Morgan fingerprint density at radius 3 is 3.00 bits per heavy atom. The van der Waals surface area contributed by atoms with Crippen molar-refractivity contribution in [2.45, 2.75) is 0 Å². The van der Waals surface area contributed by atoms with Crippen LogP contribution in [0.2, 0.25) is 0 Å². The number of pyridine rings is 1. The minimum atomic E-state index is 0.935. The lowest BCUT2D eigenvalue weighted by molar-refractivity contribution is 0.568. The average Bonchev–Trinajstić information content (AvgIpc) is 2.86. The van der Waals surface area contributed by atoms with Crippen molar-refractivity contribution in [3.8, 4) is 11.3 Å². The van der Waals surface area contributed by atoms with Crippen molar-refractivity contribution in [3.63, 3.8) is 0 Å². The molecule has 0 saturated heterocycles. The molecule has 3 aromatic heterocycles. The smallest absolute Gasteiger partial charge is 0.137 e. The molecule has 14 heavy (non-hydrogen) atoms. The van der Waals surface area contributed by atoms with Crippen LogP contribution in [0.4, 0.5) is 0 Å². The van der Waals surface area contributed by atoms with E-state index in [4.69, 9.17) is 4.42 Å². The van der Waals surface area contributed by atoms with Gasteiger partial charge in [0.2, 0.25) is 0 Å². The summed E-state index contributed by atoms with van der Waals surface area (Å²) in [7, 11) is 0. The first kappa shape index (κ1) is 7.38. The van der Waals surface area contributed by atoms with E-state index in [1.54, 1.807) is 12.5 Å². The molecular weight excluding hydrogens is 176 g/mol. The number of nitrogens with zero attached hydrogens (tertiary/aromatic N) is 2. The van der Waals surface area contributed by atoms with E-state index in [0.717, 1.165) is 16.9 Å². The highest BCUT2D eigenvalue weighted by molar-refractivity contribution is 5.61. The van der Waals surface area contributed by atoms with Crippen molar-refractivity contribution in [2.75, 3.05) is 0 Å². The molecule has 0 spiro atoms. The number of fused-ring (bicyclic) bond motifs is 1. The molecule has 0 atom stereocenters. The van der Waals surface area contributed by atoms with Crippen LogP contribution in [-0.2, 0) is 0 Å². The van der Waals surface area contributed by atoms with E-state index in [9.17, 15) is 0 Å². The largest absolute Gasteiger partial charge is 0.472 e. The maximum Gasteiger partial charge on any atom is 0.137 e. The van der Waals surface area contributed by atoms with E-state index in [1.165, 1.54) is 0 Å². The van der Waals surface area contributed by atoms with Crippen LogP contribution in [0.25, 0.3) is 16.9 Å². The van der Waals surface area contributed by atoms with Crippen molar-refractivity contribution < 1.29 is 4.42 Å². The second kappa shape index (κ2) is 2.73. The van der Waals surface area contributed by atoms with Crippen molar-refractivity contribution in [1.29, 1.82) is 0 Å². The summed E-state index contributed by atoms with van der Waals surface area (Å²) in [4.78, 5) is 4.46. The molecule has 0 aliphatic heterocycles. The molecule has 0 saturated carbocycles. The van der Waals surface area contributed by atoms with Gasteiger partial charge < -0.3 is 8.82 Å². The van der Waals surface area contributed by atoms with Gasteiger partial charge in [-0.05, 0) is 18.2 Å². The lowest BCUT2D eigenvalue weighted by Gasteiger charge is -1.86. The van der Waals surface area contributed by atoms with Gasteiger partial charge in [0, 0.05) is 18.0 Å². The number of furan rings is 1. The summed E-state index contributed by atoms with van der Waals surface area (Å²) in [6.07, 6.45) is 7.31. The molecule has 3 heterocycles. The molecule has 0 fully saturated rings. The number of aromatic nitrogens is 2. The van der Waals surface area contributed by atoms with Crippen LogP contribution in [0.5, 0.6) is 0 Å². The quantitative estimate of drug-likeness (QED) is 0.582. The second-order valence-corrected chi connectivity index (χ2v) is 3.10. The molecule has 68 valence electrons. The number of hydrogen-bond acceptors (Lipinski definition) is 2. The number of hydrogen-bond donors (Lipinski definition) is 0. The maximum atomic E-state index is 5.02. The number of rotatable bonds is 1. The highest BCUT2D eigenvalue weighted by Crippen LogP contribution is 2.18. The molecule has 0 N–H and O–H groups in total. The lowest BCUT2D eigenvalue weighted by Crippen LogP contribution is -1.77. The fourth-order valence-electron chi connectivity index (χ4n) is 1.48. The van der Waals surface area contributed by atoms with E-state index in [-0.39, 0.29) is 0 Å². The zero-order valence-electron chi connectivity index (χ0n) is 7.42. The third-order valence-corrected chi connectivity index (χ3v) is 2.18. The van der Waals surface area contributed by atoms with E-state index in [2.05, 4.69) is 4.98 Å². The van der Waals surface area contributed by atoms with E-state index in [0.29, 0.717) is 0 Å². The van der Waals surface area contributed by atoms with Crippen LogP contribution >= 0.6 is 0 Å². The number of imidazole rings is 1. The Hall–Kier alpha value is -2.03. The van der Waals surface area contributed by atoms with E-state index < -0.39 is 0 Å². The maximum absolute atomic E-state index is 5.02. The zero-order chi connectivity index (χ0) is 9.38. The molecule has 0 radical (unpaired) electrons. The van der Waals surface area contributed by atoms with Crippen LogP contribution < -0.4 is 0 Å². The van der Waals surface area contributed by atoms with E-state index >= 15 is 0 Å². The summed E-state index contributed by atoms with van der Waals surface area (Å²) in [5, 5.41) is 0. The Morgan fingerprint density at radius 2 is 2.21 bits per heavy atom. The molecular formula is C11H8N2O. The molecule has 0 amide bonds. The molecule has 3 heteroatoms. The van der Waals surface area contributed by atoms with Gasteiger partial charge >= 0.3 is 0 Å². The molecule has 0 aliphatic carbocycles. The fraction of sp³-hybridized carbons (Fsp3) is 0. The van der Waals surface area contributed by atoms with Crippen molar-refractivity contribution >= 4 is 5.65 Å². The third-order valence-electron chi connectivity index (χ3n) is 2.18. The van der Waals surface area contributed by atoms with Gasteiger partial charge in [0.25, 0.3) is 0 Å². The summed E-state index contributed by atoms with van der Waals surface area (Å²) >= 11 is 0. The highest BCUT2D eigenvalue weighted by Gasteiger charge is 2.03. The predicted molar refractivity (Wildman–Crippen MR) is 52.9 cm³/mol. The zero-order valence-corrected chi connectivity index (χ0v) is 7.42. The first-order chi connectivity index (χ1) is 6.93. The molecule has 0 aliphatic rings.